The third-order valence-corrected chi connectivity index (χ3v) is 3.72. The maximum atomic E-state index is 11.9. The van der Waals surface area contributed by atoms with Crippen LogP contribution < -0.4 is 10.6 Å². The van der Waals surface area contributed by atoms with E-state index in [2.05, 4.69) is 10.6 Å². The molecule has 1 saturated heterocycles. The molecule has 0 bridgehead atoms. The van der Waals surface area contributed by atoms with Crippen LogP contribution in [0.3, 0.4) is 0 Å². The summed E-state index contributed by atoms with van der Waals surface area (Å²) in [5.74, 6) is -1.21. The molecule has 1 fully saturated rings. The topological polar surface area (TPSA) is 98.7 Å². The van der Waals surface area contributed by atoms with Crippen molar-refractivity contribution < 1.29 is 19.5 Å². The van der Waals surface area contributed by atoms with Crippen LogP contribution >= 0.6 is 0 Å². The summed E-state index contributed by atoms with van der Waals surface area (Å²) in [7, 11) is 0. The molecule has 0 saturated carbocycles. The fourth-order valence-electron chi connectivity index (χ4n) is 2.43. The van der Waals surface area contributed by atoms with Crippen LogP contribution in [-0.4, -0.2) is 53.1 Å². The van der Waals surface area contributed by atoms with Crippen LogP contribution in [0.2, 0.25) is 0 Å². The summed E-state index contributed by atoms with van der Waals surface area (Å²) in [5.41, 5.74) is -1.31. The predicted octanol–water partition coefficient (Wildman–Crippen LogP) is 0.941. The molecule has 0 aliphatic carbocycles. The minimum absolute atomic E-state index is 0.104. The van der Waals surface area contributed by atoms with Crippen LogP contribution in [0.5, 0.6) is 0 Å². The SMILES string of the molecule is CCCC(C)(NC(=O)NCC(=O)N1CCCCC1)C(=O)O. The molecule has 1 unspecified atom stereocenters. The molecule has 0 aromatic carbocycles. The normalized spacial score (nSPS) is 17.7. The predicted molar refractivity (Wildman–Crippen MR) is 77.9 cm³/mol. The summed E-state index contributed by atoms with van der Waals surface area (Å²) in [5, 5.41) is 14.1. The molecule has 21 heavy (non-hydrogen) atoms. The van der Waals surface area contributed by atoms with Gasteiger partial charge < -0.3 is 20.6 Å². The van der Waals surface area contributed by atoms with Gasteiger partial charge in [0.1, 0.15) is 5.54 Å². The van der Waals surface area contributed by atoms with Gasteiger partial charge in [-0.25, -0.2) is 9.59 Å². The van der Waals surface area contributed by atoms with Gasteiger partial charge in [-0.2, -0.15) is 0 Å². The molecule has 1 atom stereocenters. The smallest absolute Gasteiger partial charge is 0.329 e. The minimum atomic E-state index is -1.31. The maximum Gasteiger partial charge on any atom is 0.329 e. The lowest BCUT2D eigenvalue weighted by molar-refractivity contribution is -0.144. The van der Waals surface area contributed by atoms with Crippen molar-refractivity contribution in [1.29, 1.82) is 0 Å². The number of likely N-dealkylation sites (tertiary alicyclic amines) is 1. The first-order valence-electron chi connectivity index (χ1n) is 7.46. The Hall–Kier alpha value is -1.79. The fourth-order valence-corrected chi connectivity index (χ4v) is 2.43. The van der Waals surface area contributed by atoms with E-state index in [1.54, 1.807) is 4.90 Å². The van der Waals surface area contributed by atoms with Crippen LogP contribution in [0.1, 0.15) is 46.0 Å². The van der Waals surface area contributed by atoms with Gasteiger partial charge in [0.15, 0.2) is 0 Å². The summed E-state index contributed by atoms with van der Waals surface area (Å²) in [6.07, 6.45) is 4.08. The first-order chi connectivity index (χ1) is 9.89. The van der Waals surface area contributed by atoms with E-state index in [-0.39, 0.29) is 12.5 Å². The number of carboxylic acid groups (broad SMARTS) is 1. The van der Waals surface area contributed by atoms with Crippen molar-refractivity contribution in [1.82, 2.24) is 15.5 Å². The highest BCUT2D eigenvalue weighted by molar-refractivity contribution is 5.88. The largest absolute Gasteiger partial charge is 0.480 e. The highest BCUT2D eigenvalue weighted by Crippen LogP contribution is 2.12. The van der Waals surface area contributed by atoms with Gasteiger partial charge in [0, 0.05) is 13.1 Å². The van der Waals surface area contributed by atoms with Gasteiger partial charge in [-0.3, -0.25) is 4.79 Å². The Morgan fingerprint density at radius 3 is 2.33 bits per heavy atom. The zero-order chi connectivity index (χ0) is 15.9. The minimum Gasteiger partial charge on any atom is -0.480 e. The molecule has 3 N–H and O–H groups in total. The Balaban J connectivity index is 2.42. The van der Waals surface area contributed by atoms with Crippen LogP contribution in [0.4, 0.5) is 4.79 Å². The number of aliphatic carboxylic acids is 1. The number of hydrogen-bond donors (Lipinski definition) is 3. The summed E-state index contributed by atoms with van der Waals surface area (Å²) >= 11 is 0. The van der Waals surface area contributed by atoms with Gasteiger partial charge in [-0.1, -0.05) is 13.3 Å². The Morgan fingerprint density at radius 2 is 1.81 bits per heavy atom. The number of nitrogens with one attached hydrogen (secondary N) is 2. The molecule has 0 spiro atoms. The molecule has 0 aromatic rings. The van der Waals surface area contributed by atoms with Gasteiger partial charge in [0.25, 0.3) is 0 Å². The zero-order valence-corrected chi connectivity index (χ0v) is 12.8. The van der Waals surface area contributed by atoms with E-state index in [1.807, 2.05) is 6.92 Å². The number of urea groups is 1. The summed E-state index contributed by atoms with van der Waals surface area (Å²) in [6, 6.07) is -0.626. The lowest BCUT2D eigenvalue weighted by Crippen LogP contribution is -2.56. The highest BCUT2D eigenvalue weighted by Gasteiger charge is 2.33. The monoisotopic (exact) mass is 299 g/mol. The number of nitrogens with zero attached hydrogens (tertiary/aromatic N) is 1. The molecular weight excluding hydrogens is 274 g/mol. The Morgan fingerprint density at radius 1 is 1.19 bits per heavy atom. The second-order valence-electron chi connectivity index (χ2n) is 5.64. The number of carbonyl (C=O) groups excluding carboxylic acids is 2. The van der Waals surface area contributed by atoms with Crippen molar-refractivity contribution in [2.24, 2.45) is 0 Å². The fraction of sp³-hybridized carbons (Fsp3) is 0.786. The van der Waals surface area contributed by atoms with E-state index in [4.69, 9.17) is 0 Å². The molecule has 0 radical (unpaired) electrons. The van der Waals surface area contributed by atoms with Crippen LogP contribution in [0.25, 0.3) is 0 Å². The average Bonchev–Trinajstić information content (AvgIpc) is 2.45. The van der Waals surface area contributed by atoms with Crippen molar-refractivity contribution in [2.45, 2.75) is 51.5 Å². The van der Waals surface area contributed by atoms with Crippen molar-refractivity contribution in [3.05, 3.63) is 0 Å². The lowest BCUT2D eigenvalue weighted by atomic mass is 9.97. The van der Waals surface area contributed by atoms with E-state index in [0.717, 1.165) is 32.4 Å². The maximum absolute atomic E-state index is 11.9. The standard InChI is InChI=1S/C14H25N3O4/c1-3-7-14(2,12(19)20)16-13(21)15-10-11(18)17-8-5-4-6-9-17/h3-10H2,1-2H3,(H,19,20)(H2,15,16,21). The Labute approximate surface area is 125 Å². The molecule has 1 rings (SSSR count). The molecule has 7 nitrogen and oxygen atoms in total. The first-order valence-corrected chi connectivity index (χ1v) is 7.46. The van der Waals surface area contributed by atoms with Crippen molar-refractivity contribution >= 4 is 17.9 Å². The second kappa shape index (κ2) is 7.85. The highest BCUT2D eigenvalue weighted by atomic mass is 16.4. The van der Waals surface area contributed by atoms with Gasteiger partial charge in [0.2, 0.25) is 5.91 Å². The van der Waals surface area contributed by atoms with Crippen LogP contribution in [-0.2, 0) is 9.59 Å². The van der Waals surface area contributed by atoms with Gasteiger partial charge in [-0.05, 0) is 32.6 Å². The molecule has 1 heterocycles. The van der Waals surface area contributed by atoms with E-state index in [9.17, 15) is 19.5 Å². The van der Waals surface area contributed by atoms with Crippen molar-refractivity contribution in [3.8, 4) is 0 Å². The lowest BCUT2D eigenvalue weighted by Gasteiger charge is -2.28. The molecule has 1 aliphatic heterocycles. The number of carboxylic acids is 1. The molecule has 1 aliphatic rings. The molecule has 3 amide bonds. The number of rotatable bonds is 6. The molecule has 120 valence electrons. The Kier molecular flexibility index (Phi) is 6.45. The van der Waals surface area contributed by atoms with E-state index in [0.29, 0.717) is 12.8 Å². The Bertz CT molecular complexity index is 394. The van der Waals surface area contributed by atoms with Crippen molar-refractivity contribution in [2.75, 3.05) is 19.6 Å². The van der Waals surface area contributed by atoms with Crippen LogP contribution in [0.15, 0.2) is 0 Å². The summed E-state index contributed by atoms with van der Waals surface area (Å²) in [6.45, 7) is 4.66. The van der Waals surface area contributed by atoms with Gasteiger partial charge in [-0.15, -0.1) is 0 Å². The van der Waals surface area contributed by atoms with E-state index >= 15 is 0 Å². The van der Waals surface area contributed by atoms with Gasteiger partial charge in [0.05, 0.1) is 6.54 Å². The molecular formula is C14H25N3O4. The third kappa shape index (κ3) is 5.24. The number of amides is 3. The average molecular weight is 299 g/mol. The first kappa shape index (κ1) is 17.3. The second-order valence-corrected chi connectivity index (χ2v) is 5.64. The van der Waals surface area contributed by atoms with Crippen LogP contribution in [0, 0.1) is 0 Å². The van der Waals surface area contributed by atoms with Gasteiger partial charge >= 0.3 is 12.0 Å². The molecule has 0 aromatic heterocycles. The third-order valence-electron chi connectivity index (χ3n) is 3.72. The number of piperidine rings is 1. The number of hydrogen-bond acceptors (Lipinski definition) is 3. The zero-order valence-electron chi connectivity index (χ0n) is 12.8. The summed E-state index contributed by atoms with van der Waals surface area (Å²) in [4.78, 5) is 36.6. The quantitative estimate of drug-likeness (QED) is 0.679. The molecule has 7 heteroatoms. The number of carbonyl (C=O) groups is 3. The van der Waals surface area contributed by atoms with E-state index < -0.39 is 17.5 Å². The summed E-state index contributed by atoms with van der Waals surface area (Å²) < 4.78 is 0. The van der Waals surface area contributed by atoms with E-state index in [1.165, 1.54) is 6.92 Å². The van der Waals surface area contributed by atoms with Crippen molar-refractivity contribution in [3.63, 3.8) is 0 Å².